The van der Waals surface area contributed by atoms with Gasteiger partial charge in [0.1, 0.15) is 5.82 Å². The number of rotatable bonds is 5. The summed E-state index contributed by atoms with van der Waals surface area (Å²) in [5.74, 6) is 1.72. The number of nitrogens with zero attached hydrogens (tertiary/aromatic N) is 4. The number of carbonyl (C=O) groups is 1. The predicted octanol–water partition coefficient (Wildman–Crippen LogP) is 2.73. The van der Waals surface area contributed by atoms with Gasteiger partial charge in [-0.3, -0.25) is 9.78 Å². The second-order valence-corrected chi connectivity index (χ2v) is 7.51. The topological polar surface area (TPSA) is 98.1 Å². The van der Waals surface area contributed by atoms with Gasteiger partial charge in [-0.2, -0.15) is 0 Å². The van der Waals surface area contributed by atoms with Gasteiger partial charge < -0.3 is 15.2 Å². The SMILES string of the molecule is CC(C)Cc1cc(C(=O)N2CCC[C@@H](Cc3cnc(N)cn3)CC2)on1. The summed E-state index contributed by atoms with van der Waals surface area (Å²) in [6.45, 7) is 5.72. The van der Waals surface area contributed by atoms with E-state index in [1.807, 2.05) is 4.90 Å². The van der Waals surface area contributed by atoms with Gasteiger partial charge in [-0.05, 0) is 43.9 Å². The number of carbonyl (C=O) groups excluding carboxylic acids is 1. The molecule has 3 heterocycles. The van der Waals surface area contributed by atoms with E-state index >= 15 is 0 Å². The van der Waals surface area contributed by atoms with E-state index in [2.05, 4.69) is 29.0 Å². The fourth-order valence-electron chi connectivity index (χ4n) is 3.42. The van der Waals surface area contributed by atoms with Crippen LogP contribution < -0.4 is 5.73 Å². The molecular formula is C19H27N5O2. The second kappa shape index (κ2) is 8.29. The van der Waals surface area contributed by atoms with Crippen LogP contribution in [0.1, 0.15) is 55.1 Å². The van der Waals surface area contributed by atoms with Crippen LogP contribution in [-0.4, -0.2) is 39.0 Å². The zero-order chi connectivity index (χ0) is 18.5. The highest BCUT2D eigenvalue weighted by molar-refractivity contribution is 5.91. The van der Waals surface area contributed by atoms with E-state index < -0.39 is 0 Å². The van der Waals surface area contributed by atoms with Crippen molar-refractivity contribution in [3.05, 3.63) is 35.6 Å². The molecule has 0 radical (unpaired) electrons. The first-order valence-corrected chi connectivity index (χ1v) is 9.32. The lowest BCUT2D eigenvalue weighted by atomic mass is 9.95. The molecule has 1 amide bonds. The minimum absolute atomic E-state index is 0.0552. The number of aromatic nitrogens is 3. The van der Waals surface area contributed by atoms with E-state index in [1.165, 1.54) is 0 Å². The molecule has 1 aliphatic heterocycles. The molecule has 0 unspecified atom stereocenters. The lowest BCUT2D eigenvalue weighted by Crippen LogP contribution is -2.31. The Morgan fingerprint density at radius 3 is 2.85 bits per heavy atom. The summed E-state index contributed by atoms with van der Waals surface area (Å²) in [7, 11) is 0. The number of anilines is 1. The zero-order valence-electron chi connectivity index (χ0n) is 15.5. The van der Waals surface area contributed by atoms with E-state index in [0.29, 0.717) is 23.4 Å². The molecule has 0 aliphatic carbocycles. The number of amides is 1. The maximum Gasteiger partial charge on any atom is 0.292 e. The average molecular weight is 357 g/mol. The lowest BCUT2D eigenvalue weighted by molar-refractivity contribution is 0.0718. The standard InChI is InChI=1S/C19H27N5O2/c1-13(2)8-15-10-17(26-23-15)19(25)24-6-3-4-14(5-7-24)9-16-11-22-18(20)12-21-16/h10-14H,3-9H2,1-2H3,(H2,20,22)/t14-/m1/s1. The minimum atomic E-state index is -0.0552. The molecule has 0 aromatic carbocycles. The molecular weight excluding hydrogens is 330 g/mol. The Morgan fingerprint density at radius 2 is 2.12 bits per heavy atom. The highest BCUT2D eigenvalue weighted by Gasteiger charge is 2.24. The van der Waals surface area contributed by atoms with Crippen molar-refractivity contribution in [3.63, 3.8) is 0 Å². The van der Waals surface area contributed by atoms with Crippen LogP contribution in [0.3, 0.4) is 0 Å². The molecule has 1 atom stereocenters. The van der Waals surface area contributed by atoms with Crippen molar-refractivity contribution in [1.82, 2.24) is 20.0 Å². The van der Waals surface area contributed by atoms with E-state index in [4.69, 9.17) is 10.3 Å². The van der Waals surface area contributed by atoms with Gasteiger partial charge in [0, 0.05) is 19.2 Å². The Morgan fingerprint density at radius 1 is 1.27 bits per heavy atom. The molecule has 1 saturated heterocycles. The van der Waals surface area contributed by atoms with Crippen molar-refractivity contribution in [2.45, 2.75) is 46.0 Å². The number of nitrogens with two attached hydrogens (primary N) is 1. The maximum absolute atomic E-state index is 12.7. The molecule has 1 aliphatic rings. The first-order chi connectivity index (χ1) is 12.5. The molecule has 0 bridgehead atoms. The molecule has 7 heteroatoms. The summed E-state index contributed by atoms with van der Waals surface area (Å²) in [5, 5.41) is 4.03. The highest BCUT2D eigenvalue weighted by atomic mass is 16.5. The summed E-state index contributed by atoms with van der Waals surface area (Å²) in [6, 6.07) is 1.79. The molecule has 3 rings (SSSR count). The van der Waals surface area contributed by atoms with Crippen molar-refractivity contribution in [1.29, 1.82) is 0 Å². The Hall–Kier alpha value is -2.44. The number of hydrogen-bond donors (Lipinski definition) is 1. The van der Waals surface area contributed by atoms with Gasteiger partial charge in [-0.1, -0.05) is 19.0 Å². The smallest absolute Gasteiger partial charge is 0.292 e. The number of likely N-dealkylation sites (tertiary alicyclic amines) is 1. The third-order valence-electron chi connectivity index (χ3n) is 4.75. The maximum atomic E-state index is 12.7. The lowest BCUT2D eigenvalue weighted by Gasteiger charge is -2.19. The fourth-order valence-corrected chi connectivity index (χ4v) is 3.42. The van der Waals surface area contributed by atoms with Gasteiger partial charge in [0.2, 0.25) is 5.76 Å². The van der Waals surface area contributed by atoms with Crippen LogP contribution in [0.2, 0.25) is 0 Å². The Labute approximate surface area is 154 Å². The predicted molar refractivity (Wildman–Crippen MR) is 98.4 cm³/mol. The number of hydrogen-bond acceptors (Lipinski definition) is 6. The van der Waals surface area contributed by atoms with Crippen LogP contribution in [0.15, 0.2) is 23.0 Å². The fraction of sp³-hybridized carbons (Fsp3) is 0.579. The third-order valence-corrected chi connectivity index (χ3v) is 4.75. The Kier molecular flexibility index (Phi) is 5.85. The van der Waals surface area contributed by atoms with Crippen LogP contribution in [0.4, 0.5) is 5.82 Å². The third kappa shape index (κ3) is 4.80. The van der Waals surface area contributed by atoms with Crippen LogP contribution >= 0.6 is 0 Å². The van der Waals surface area contributed by atoms with E-state index in [9.17, 15) is 4.79 Å². The van der Waals surface area contributed by atoms with Gasteiger partial charge in [-0.25, -0.2) is 4.98 Å². The summed E-state index contributed by atoms with van der Waals surface area (Å²) in [5.41, 5.74) is 7.39. The van der Waals surface area contributed by atoms with Crippen molar-refractivity contribution >= 4 is 11.7 Å². The summed E-state index contributed by atoms with van der Waals surface area (Å²) >= 11 is 0. The minimum Gasteiger partial charge on any atom is -0.382 e. The largest absolute Gasteiger partial charge is 0.382 e. The van der Waals surface area contributed by atoms with E-state index in [1.54, 1.807) is 18.5 Å². The molecule has 7 nitrogen and oxygen atoms in total. The van der Waals surface area contributed by atoms with Crippen molar-refractivity contribution in [2.24, 2.45) is 11.8 Å². The zero-order valence-corrected chi connectivity index (χ0v) is 15.5. The van der Waals surface area contributed by atoms with Crippen LogP contribution in [0.5, 0.6) is 0 Å². The average Bonchev–Trinajstić information content (AvgIpc) is 2.93. The first-order valence-electron chi connectivity index (χ1n) is 9.32. The summed E-state index contributed by atoms with van der Waals surface area (Å²) in [4.78, 5) is 23.0. The van der Waals surface area contributed by atoms with Crippen LogP contribution in [-0.2, 0) is 12.8 Å². The van der Waals surface area contributed by atoms with Crippen molar-refractivity contribution in [2.75, 3.05) is 18.8 Å². The second-order valence-electron chi connectivity index (χ2n) is 7.51. The molecule has 2 aromatic heterocycles. The quantitative estimate of drug-likeness (QED) is 0.883. The van der Waals surface area contributed by atoms with Crippen molar-refractivity contribution < 1.29 is 9.32 Å². The molecule has 2 aromatic rings. The summed E-state index contributed by atoms with van der Waals surface area (Å²) < 4.78 is 5.28. The van der Waals surface area contributed by atoms with Gasteiger partial charge >= 0.3 is 0 Å². The van der Waals surface area contributed by atoms with Gasteiger partial charge in [-0.15, -0.1) is 0 Å². The molecule has 0 spiro atoms. The van der Waals surface area contributed by atoms with E-state index in [-0.39, 0.29) is 5.91 Å². The van der Waals surface area contributed by atoms with Crippen LogP contribution in [0, 0.1) is 11.8 Å². The first kappa shape index (κ1) is 18.4. The number of nitrogen functional groups attached to an aromatic ring is 1. The van der Waals surface area contributed by atoms with Gasteiger partial charge in [0.15, 0.2) is 0 Å². The van der Waals surface area contributed by atoms with E-state index in [0.717, 1.165) is 56.6 Å². The summed E-state index contributed by atoms with van der Waals surface area (Å²) in [6.07, 6.45) is 8.04. The molecule has 2 N–H and O–H groups in total. The molecule has 1 fully saturated rings. The van der Waals surface area contributed by atoms with Gasteiger partial charge in [0.05, 0.1) is 23.8 Å². The normalized spacial score (nSPS) is 18.1. The Balaban J connectivity index is 1.56. The highest BCUT2D eigenvalue weighted by Crippen LogP contribution is 2.22. The Bertz CT molecular complexity index is 726. The van der Waals surface area contributed by atoms with Crippen LogP contribution in [0.25, 0.3) is 0 Å². The van der Waals surface area contributed by atoms with Crippen molar-refractivity contribution in [3.8, 4) is 0 Å². The molecule has 0 saturated carbocycles. The molecule has 140 valence electrons. The molecule has 26 heavy (non-hydrogen) atoms. The monoisotopic (exact) mass is 357 g/mol. The van der Waals surface area contributed by atoms with Gasteiger partial charge in [0.25, 0.3) is 5.91 Å².